The third-order valence-electron chi connectivity index (χ3n) is 3.71. The molecule has 3 rings (SSSR count). The molecule has 1 aromatic carbocycles. The minimum atomic E-state index is 0.365. The second-order valence-corrected chi connectivity index (χ2v) is 5.27. The van der Waals surface area contributed by atoms with Crippen LogP contribution in [0.5, 0.6) is 5.75 Å². The van der Waals surface area contributed by atoms with Gasteiger partial charge in [0.15, 0.2) is 0 Å². The number of nitrogens with one attached hydrogen (secondary N) is 1. The van der Waals surface area contributed by atoms with Crippen LogP contribution in [0.1, 0.15) is 30.5 Å². The molecule has 0 amide bonds. The van der Waals surface area contributed by atoms with Crippen LogP contribution in [0, 0.1) is 0 Å². The molecular weight excluding hydrogens is 238 g/mol. The number of nitrogens with zero attached hydrogens (tertiary/aromatic N) is 2. The second-order valence-electron chi connectivity index (χ2n) is 5.27. The van der Waals surface area contributed by atoms with Crippen LogP contribution in [0.15, 0.2) is 36.7 Å². The molecule has 0 radical (unpaired) electrons. The van der Waals surface area contributed by atoms with Crippen LogP contribution in [-0.4, -0.2) is 20.9 Å². The average Bonchev–Trinajstić information content (AvgIpc) is 2.99. The molecule has 0 saturated carbocycles. The van der Waals surface area contributed by atoms with Crippen molar-refractivity contribution in [1.82, 2.24) is 15.1 Å². The Morgan fingerprint density at radius 3 is 3.21 bits per heavy atom. The molecule has 1 heterocycles. The van der Waals surface area contributed by atoms with Crippen LogP contribution in [-0.2, 0) is 13.0 Å². The zero-order valence-corrected chi connectivity index (χ0v) is 11.1. The lowest BCUT2D eigenvalue weighted by atomic mass is 10.1. The van der Waals surface area contributed by atoms with E-state index in [1.807, 2.05) is 29.1 Å². The van der Waals surface area contributed by atoms with Gasteiger partial charge in [0.1, 0.15) is 5.75 Å². The molecule has 1 aromatic heterocycles. The summed E-state index contributed by atoms with van der Waals surface area (Å²) in [5, 5.41) is 17.4. The summed E-state index contributed by atoms with van der Waals surface area (Å²) < 4.78 is 1.95. The number of aromatic hydroxyl groups is 1. The molecule has 4 nitrogen and oxygen atoms in total. The van der Waals surface area contributed by atoms with Gasteiger partial charge in [0, 0.05) is 24.5 Å². The SMILES string of the molecule is CC(Cn1cccn1)NC1CCc2cc(O)ccc21. The standard InChI is InChI=1S/C15H19N3O/c1-11(10-18-8-2-7-16-18)17-15-6-3-12-9-13(19)4-5-14(12)15/h2,4-5,7-9,11,15,17,19H,3,6,10H2,1H3. The fourth-order valence-corrected chi connectivity index (χ4v) is 2.86. The van der Waals surface area contributed by atoms with E-state index in [0.29, 0.717) is 17.8 Å². The summed E-state index contributed by atoms with van der Waals surface area (Å²) in [5.41, 5.74) is 2.59. The van der Waals surface area contributed by atoms with Crippen LogP contribution < -0.4 is 5.32 Å². The molecule has 1 aliphatic carbocycles. The predicted molar refractivity (Wildman–Crippen MR) is 74.0 cm³/mol. The number of fused-ring (bicyclic) bond motifs is 1. The Labute approximate surface area is 113 Å². The maximum atomic E-state index is 9.50. The molecule has 0 bridgehead atoms. The van der Waals surface area contributed by atoms with Gasteiger partial charge in [0.05, 0.1) is 6.54 Å². The number of benzene rings is 1. The van der Waals surface area contributed by atoms with Gasteiger partial charge in [-0.2, -0.15) is 5.10 Å². The van der Waals surface area contributed by atoms with Crippen molar-refractivity contribution in [3.05, 3.63) is 47.8 Å². The highest BCUT2D eigenvalue weighted by atomic mass is 16.3. The highest BCUT2D eigenvalue weighted by Gasteiger charge is 2.23. The first-order valence-electron chi connectivity index (χ1n) is 6.77. The van der Waals surface area contributed by atoms with Gasteiger partial charge < -0.3 is 10.4 Å². The first-order valence-corrected chi connectivity index (χ1v) is 6.77. The van der Waals surface area contributed by atoms with Gasteiger partial charge in [-0.15, -0.1) is 0 Å². The van der Waals surface area contributed by atoms with Crippen molar-refractivity contribution in [2.45, 2.75) is 38.4 Å². The summed E-state index contributed by atoms with van der Waals surface area (Å²) in [6.07, 6.45) is 5.93. The van der Waals surface area contributed by atoms with Crippen molar-refractivity contribution in [1.29, 1.82) is 0 Å². The Hall–Kier alpha value is -1.81. The van der Waals surface area contributed by atoms with Crippen molar-refractivity contribution >= 4 is 0 Å². The Bertz CT molecular complexity index is 551. The zero-order valence-electron chi connectivity index (χ0n) is 11.1. The quantitative estimate of drug-likeness (QED) is 0.883. The van der Waals surface area contributed by atoms with E-state index in [9.17, 15) is 5.11 Å². The lowest BCUT2D eigenvalue weighted by Crippen LogP contribution is -2.33. The predicted octanol–water partition coefficient (Wildman–Crippen LogP) is 2.25. The van der Waals surface area contributed by atoms with E-state index in [2.05, 4.69) is 17.3 Å². The lowest BCUT2D eigenvalue weighted by Gasteiger charge is -2.20. The van der Waals surface area contributed by atoms with E-state index in [1.54, 1.807) is 12.3 Å². The Balaban J connectivity index is 1.66. The molecular formula is C15H19N3O. The first-order chi connectivity index (χ1) is 9.22. The van der Waals surface area contributed by atoms with Crippen molar-refractivity contribution < 1.29 is 5.11 Å². The zero-order chi connectivity index (χ0) is 13.2. The minimum absolute atomic E-state index is 0.365. The van der Waals surface area contributed by atoms with Crippen LogP contribution in [0.2, 0.25) is 0 Å². The van der Waals surface area contributed by atoms with E-state index in [-0.39, 0.29) is 0 Å². The van der Waals surface area contributed by atoms with Gasteiger partial charge in [0.25, 0.3) is 0 Å². The van der Waals surface area contributed by atoms with Gasteiger partial charge in [-0.3, -0.25) is 4.68 Å². The third kappa shape index (κ3) is 2.63. The average molecular weight is 257 g/mol. The largest absolute Gasteiger partial charge is 0.508 e. The molecule has 2 unspecified atom stereocenters. The van der Waals surface area contributed by atoms with E-state index in [1.165, 1.54) is 11.1 Å². The topological polar surface area (TPSA) is 50.1 Å². The van der Waals surface area contributed by atoms with E-state index >= 15 is 0 Å². The number of aromatic nitrogens is 2. The van der Waals surface area contributed by atoms with Gasteiger partial charge in [-0.05, 0) is 49.1 Å². The van der Waals surface area contributed by atoms with Crippen LogP contribution in [0.3, 0.4) is 0 Å². The summed E-state index contributed by atoms with van der Waals surface area (Å²) in [7, 11) is 0. The number of phenolic OH excluding ortho intramolecular Hbond substituents is 1. The minimum Gasteiger partial charge on any atom is -0.508 e. The fourth-order valence-electron chi connectivity index (χ4n) is 2.86. The summed E-state index contributed by atoms with van der Waals surface area (Å²) in [6.45, 7) is 3.05. The number of hydrogen-bond donors (Lipinski definition) is 2. The molecule has 100 valence electrons. The monoisotopic (exact) mass is 257 g/mol. The maximum absolute atomic E-state index is 9.50. The van der Waals surface area contributed by atoms with Crippen molar-refractivity contribution in [3.63, 3.8) is 0 Å². The van der Waals surface area contributed by atoms with Gasteiger partial charge in [-0.25, -0.2) is 0 Å². The molecule has 2 aromatic rings. The van der Waals surface area contributed by atoms with Crippen LogP contribution in [0.4, 0.5) is 0 Å². The number of phenols is 1. The van der Waals surface area contributed by atoms with Crippen LogP contribution in [0.25, 0.3) is 0 Å². The van der Waals surface area contributed by atoms with Crippen molar-refractivity contribution in [2.75, 3.05) is 0 Å². The summed E-state index contributed by atoms with van der Waals surface area (Å²) in [4.78, 5) is 0. The van der Waals surface area contributed by atoms with Crippen molar-refractivity contribution in [3.8, 4) is 5.75 Å². The molecule has 4 heteroatoms. The third-order valence-corrected chi connectivity index (χ3v) is 3.71. The van der Waals surface area contributed by atoms with Gasteiger partial charge in [0.2, 0.25) is 0 Å². The molecule has 0 spiro atoms. The molecule has 0 saturated heterocycles. The summed E-state index contributed by atoms with van der Waals surface area (Å²) in [5.74, 6) is 0.365. The molecule has 0 fully saturated rings. The smallest absolute Gasteiger partial charge is 0.115 e. The maximum Gasteiger partial charge on any atom is 0.115 e. The number of hydrogen-bond acceptors (Lipinski definition) is 3. The highest BCUT2D eigenvalue weighted by Crippen LogP contribution is 2.33. The Morgan fingerprint density at radius 1 is 1.53 bits per heavy atom. The second kappa shape index (κ2) is 5.05. The Morgan fingerprint density at radius 2 is 2.42 bits per heavy atom. The van der Waals surface area contributed by atoms with Crippen LogP contribution >= 0.6 is 0 Å². The van der Waals surface area contributed by atoms with Crippen molar-refractivity contribution in [2.24, 2.45) is 0 Å². The molecule has 2 N–H and O–H groups in total. The first kappa shape index (κ1) is 12.2. The van der Waals surface area contributed by atoms with E-state index < -0.39 is 0 Å². The molecule has 2 atom stereocenters. The van der Waals surface area contributed by atoms with E-state index in [0.717, 1.165) is 19.4 Å². The Kier molecular flexibility index (Phi) is 3.25. The number of aryl methyl sites for hydroxylation is 1. The lowest BCUT2D eigenvalue weighted by molar-refractivity contribution is 0.398. The summed E-state index contributed by atoms with van der Waals surface area (Å²) in [6, 6.07) is 8.40. The molecule has 1 aliphatic rings. The van der Waals surface area contributed by atoms with Gasteiger partial charge in [-0.1, -0.05) is 6.07 Å². The normalized spacial score (nSPS) is 19.3. The van der Waals surface area contributed by atoms with Gasteiger partial charge >= 0.3 is 0 Å². The van der Waals surface area contributed by atoms with E-state index in [4.69, 9.17) is 0 Å². The molecule has 0 aliphatic heterocycles. The summed E-state index contributed by atoms with van der Waals surface area (Å²) >= 11 is 0. The highest BCUT2D eigenvalue weighted by molar-refractivity contribution is 5.40. The number of rotatable bonds is 4. The molecule has 19 heavy (non-hydrogen) atoms. The fraction of sp³-hybridized carbons (Fsp3) is 0.400.